The number of carbonyl (C=O) groups excluding carboxylic acids is 4. The second-order valence-electron chi connectivity index (χ2n) is 12.9. The van der Waals surface area contributed by atoms with Gasteiger partial charge in [-0.2, -0.15) is 0 Å². The molecule has 4 aliphatic rings. The molecular weight excluding hydrogens is 624 g/mol. The van der Waals surface area contributed by atoms with Crippen LogP contribution in [0, 0.1) is 17.8 Å². The van der Waals surface area contributed by atoms with E-state index in [9.17, 15) is 27.6 Å². The van der Waals surface area contributed by atoms with Gasteiger partial charge < -0.3 is 19.7 Å². The van der Waals surface area contributed by atoms with Crippen LogP contribution in [0.3, 0.4) is 0 Å². The molecule has 4 amide bonds. The Labute approximate surface area is 274 Å². The van der Waals surface area contributed by atoms with E-state index in [1.807, 2.05) is 42.5 Å². The van der Waals surface area contributed by atoms with Crippen molar-refractivity contribution in [1.29, 1.82) is 0 Å². The molecule has 1 aliphatic heterocycles. The van der Waals surface area contributed by atoms with Gasteiger partial charge in [0.2, 0.25) is 21.8 Å². The average Bonchev–Trinajstić information content (AvgIpc) is 3.96. The molecule has 5 atom stereocenters. The second kappa shape index (κ2) is 13.4. The summed E-state index contributed by atoms with van der Waals surface area (Å²) < 4.78 is 39.0. The van der Waals surface area contributed by atoms with Crippen LogP contribution < -0.4 is 20.1 Å². The number of fused-ring (bicyclic) bond motifs is 2. The predicted octanol–water partition coefficient (Wildman–Crippen LogP) is 4.10. The van der Waals surface area contributed by atoms with Gasteiger partial charge in [0.1, 0.15) is 23.1 Å². The molecule has 3 N–H and O–H groups in total. The summed E-state index contributed by atoms with van der Waals surface area (Å²) in [7, 11) is -2.14. The highest BCUT2D eigenvalue weighted by molar-refractivity contribution is 7.91. The lowest BCUT2D eigenvalue weighted by Gasteiger charge is -2.26. The lowest BCUT2D eigenvalue weighted by atomic mass is 9.93. The van der Waals surface area contributed by atoms with Crippen molar-refractivity contribution in [1.82, 2.24) is 14.9 Å². The summed E-state index contributed by atoms with van der Waals surface area (Å²) in [6.45, 7) is 0.514. The normalized spacial score (nSPS) is 28.5. The standard InChI is InChI=1S/C34H40N4O8S/c1-38-17-8-3-2-5-10-22-21-34(22,32(41)37-47(43,44)27-15-16-27)36-30(39)28-19-26(20-29(28)31(38)40)46-33(42)35-23-11-9-14-25(18-23)45-24-12-6-4-7-13-24/h4-7,9-14,18,22,26-29H,2-3,8,15-17,19-21H2,1H3,(H,35,42)(H,36,39)(H,37,41)/b10-5-/t22-,26+,28-,29-,34+/m0/s1. The number of nitrogens with zero attached hydrogens (tertiary/aromatic N) is 1. The van der Waals surface area contributed by atoms with Crippen LogP contribution in [-0.4, -0.2) is 67.6 Å². The summed E-state index contributed by atoms with van der Waals surface area (Å²) >= 11 is 0. The molecule has 47 heavy (non-hydrogen) atoms. The molecule has 250 valence electrons. The van der Waals surface area contributed by atoms with Crippen molar-refractivity contribution in [3.05, 3.63) is 66.7 Å². The number of carbonyl (C=O) groups is 4. The summed E-state index contributed by atoms with van der Waals surface area (Å²) in [5, 5.41) is 4.94. The first-order valence-corrected chi connectivity index (χ1v) is 17.7. The van der Waals surface area contributed by atoms with E-state index in [0.717, 1.165) is 19.3 Å². The van der Waals surface area contributed by atoms with Crippen LogP contribution in [0.5, 0.6) is 11.5 Å². The number of allylic oxidation sites excluding steroid dienone is 1. The predicted molar refractivity (Wildman–Crippen MR) is 173 cm³/mol. The molecule has 12 nitrogen and oxygen atoms in total. The molecule has 0 unspecified atom stereocenters. The van der Waals surface area contributed by atoms with Gasteiger partial charge in [-0.05, 0) is 75.6 Å². The first-order chi connectivity index (χ1) is 22.5. The number of hydrogen-bond donors (Lipinski definition) is 3. The minimum Gasteiger partial charge on any atom is -0.457 e. The first-order valence-electron chi connectivity index (χ1n) is 16.1. The van der Waals surface area contributed by atoms with Gasteiger partial charge in [-0.3, -0.25) is 24.4 Å². The van der Waals surface area contributed by atoms with Gasteiger partial charge in [-0.1, -0.05) is 36.4 Å². The van der Waals surface area contributed by atoms with E-state index in [-0.39, 0.29) is 31.1 Å². The third-order valence-corrected chi connectivity index (χ3v) is 11.1. The van der Waals surface area contributed by atoms with E-state index in [4.69, 9.17) is 9.47 Å². The second-order valence-corrected chi connectivity index (χ2v) is 14.9. The van der Waals surface area contributed by atoms with Gasteiger partial charge >= 0.3 is 6.09 Å². The number of amides is 4. The van der Waals surface area contributed by atoms with E-state index < -0.39 is 56.7 Å². The third kappa shape index (κ3) is 7.61. The zero-order chi connectivity index (χ0) is 33.2. The van der Waals surface area contributed by atoms with Crippen LogP contribution in [0.25, 0.3) is 0 Å². The van der Waals surface area contributed by atoms with Crippen molar-refractivity contribution < 1.29 is 37.1 Å². The summed E-state index contributed by atoms with van der Waals surface area (Å²) in [6, 6.07) is 16.0. The summed E-state index contributed by atoms with van der Waals surface area (Å²) in [5.41, 5.74) is -0.988. The smallest absolute Gasteiger partial charge is 0.411 e. The number of nitrogens with one attached hydrogen (secondary N) is 3. The minimum atomic E-state index is -3.83. The molecule has 3 fully saturated rings. The van der Waals surface area contributed by atoms with Crippen molar-refractivity contribution in [2.24, 2.45) is 17.8 Å². The zero-order valence-corrected chi connectivity index (χ0v) is 27.0. The monoisotopic (exact) mass is 664 g/mol. The fourth-order valence-electron chi connectivity index (χ4n) is 6.45. The van der Waals surface area contributed by atoms with Crippen LogP contribution >= 0.6 is 0 Å². The molecule has 2 aromatic carbocycles. The van der Waals surface area contributed by atoms with Crippen molar-refractivity contribution in [3.8, 4) is 11.5 Å². The van der Waals surface area contributed by atoms with E-state index >= 15 is 0 Å². The Morgan fingerprint density at radius 1 is 0.979 bits per heavy atom. The molecule has 3 saturated carbocycles. The summed E-state index contributed by atoms with van der Waals surface area (Å²) in [5.74, 6) is -2.43. The maximum atomic E-state index is 13.9. The molecule has 13 heteroatoms. The molecule has 0 radical (unpaired) electrons. The highest BCUT2D eigenvalue weighted by Crippen LogP contribution is 2.47. The Hall–Kier alpha value is -4.39. The van der Waals surface area contributed by atoms with Gasteiger partial charge in [0.15, 0.2) is 0 Å². The molecule has 0 saturated heterocycles. The quantitative estimate of drug-likeness (QED) is 0.373. The van der Waals surface area contributed by atoms with Crippen LogP contribution in [-0.2, 0) is 29.1 Å². The number of benzene rings is 2. The number of rotatable bonds is 7. The summed E-state index contributed by atoms with van der Waals surface area (Å²) in [6.07, 6.45) is 6.05. The molecule has 2 aromatic rings. The fourth-order valence-corrected chi connectivity index (χ4v) is 7.82. The molecular formula is C34H40N4O8S. The van der Waals surface area contributed by atoms with Gasteiger partial charge in [0, 0.05) is 31.3 Å². The Bertz CT molecular complexity index is 1660. The Morgan fingerprint density at radius 2 is 1.72 bits per heavy atom. The molecule has 0 aromatic heterocycles. The Balaban J connectivity index is 1.16. The largest absolute Gasteiger partial charge is 0.457 e. The zero-order valence-electron chi connectivity index (χ0n) is 26.2. The maximum Gasteiger partial charge on any atom is 0.411 e. The van der Waals surface area contributed by atoms with E-state index in [2.05, 4.69) is 15.4 Å². The van der Waals surface area contributed by atoms with Gasteiger partial charge in [-0.25, -0.2) is 13.2 Å². The van der Waals surface area contributed by atoms with Gasteiger partial charge in [0.05, 0.1) is 17.1 Å². The van der Waals surface area contributed by atoms with Crippen LogP contribution in [0.1, 0.15) is 51.4 Å². The highest BCUT2D eigenvalue weighted by Gasteiger charge is 2.62. The maximum absolute atomic E-state index is 13.9. The topological polar surface area (TPSA) is 160 Å². The molecule has 3 aliphatic carbocycles. The third-order valence-electron chi connectivity index (χ3n) is 9.33. The lowest BCUT2D eigenvalue weighted by Crippen LogP contribution is -2.54. The van der Waals surface area contributed by atoms with Gasteiger partial charge in [0.25, 0.3) is 5.91 Å². The highest BCUT2D eigenvalue weighted by atomic mass is 32.2. The fraction of sp³-hybridized carbons (Fsp3) is 0.471. The van der Waals surface area contributed by atoms with E-state index in [1.54, 1.807) is 36.2 Å². The number of para-hydroxylation sites is 1. The summed E-state index contributed by atoms with van der Waals surface area (Å²) in [4.78, 5) is 55.5. The lowest BCUT2D eigenvalue weighted by molar-refractivity contribution is -0.140. The average molecular weight is 665 g/mol. The molecule has 1 heterocycles. The van der Waals surface area contributed by atoms with E-state index in [0.29, 0.717) is 36.6 Å². The molecule has 0 bridgehead atoms. The Morgan fingerprint density at radius 3 is 2.49 bits per heavy atom. The van der Waals surface area contributed by atoms with Crippen molar-refractivity contribution in [2.75, 3.05) is 18.9 Å². The van der Waals surface area contributed by atoms with Crippen molar-refractivity contribution in [3.63, 3.8) is 0 Å². The number of sulfonamides is 1. The van der Waals surface area contributed by atoms with Crippen LogP contribution in [0.2, 0.25) is 0 Å². The molecule has 0 spiro atoms. The molecule has 6 rings (SSSR count). The Kier molecular flexibility index (Phi) is 9.27. The number of ether oxygens (including phenoxy) is 2. The minimum absolute atomic E-state index is 0.0687. The van der Waals surface area contributed by atoms with Crippen molar-refractivity contribution in [2.45, 2.75) is 68.3 Å². The van der Waals surface area contributed by atoms with Gasteiger partial charge in [-0.15, -0.1) is 0 Å². The first kappa shape index (κ1) is 32.5. The van der Waals surface area contributed by atoms with E-state index in [1.165, 1.54) is 0 Å². The SMILES string of the molecule is CN1CCCC/C=C\[C@H]2C[C@@]2(C(=O)NS(=O)(=O)C2CC2)NC(=O)[C@H]2C[C@@H](OC(=O)Nc3cccc(Oc4ccccc4)c3)C[C@@H]2C1=O. The number of hydrogen-bond acceptors (Lipinski definition) is 8. The van der Waals surface area contributed by atoms with Crippen molar-refractivity contribution >= 4 is 39.5 Å². The number of anilines is 1. The van der Waals surface area contributed by atoms with Crippen LogP contribution in [0.4, 0.5) is 10.5 Å². The van der Waals surface area contributed by atoms with Crippen LogP contribution in [0.15, 0.2) is 66.7 Å².